The molecule has 0 unspecified atom stereocenters. The summed E-state index contributed by atoms with van der Waals surface area (Å²) in [7, 11) is 0. The second-order valence-electron chi connectivity index (χ2n) is 5.98. The smallest absolute Gasteiger partial charge is 0.257 e. The first-order valence-electron chi connectivity index (χ1n) is 7.16. The van der Waals surface area contributed by atoms with Crippen LogP contribution in [0, 0.1) is 12.8 Å². The van der Waals surface area contributed by atoms with Gasteiger partial charge in [0.2, 0.25) is 0 Å². The summed E-state index contributed by atoms with van der Waals surface area (Å²) in [5, 5.41) is 2.90. The lowest BCUT2D eigenvalue weighted by atomic mass is 9.77. The van der Waals surface area contributed by atoms with Crippen LogP contribution in [0.15, 0.2) is 17.1 Å². The SMILES string of the molecule is Cc1cc(=O)c(C(=O)NC2(C(N)=S)CCC(C)CC2)c[nH]1. The Morgan fingerprint density at radius 1 is 1.48 bits per heavy atom. The van der Waals surface area contributed by atoms with Gasteiger partial charge < -0.3 is 16.0 Å². The lowest BCUT2D eigenvalue weighted by molar-refractivity contribution is 0.0899. The Morgan fingerprint density at radius 3 is 2.62 bits per heavy atom. The lowest BCUT2D eigenvalue weighted by Crippen LogP contribution is -2.58. The summed E-state index contributed by atoms with van der Waals surface area (Å²) in [6, 6.07) is 1.41. The number of pyridine rings is 1. The number of hydrogen-bond acceptors (Lipinski definition) is 3. The van der Waals surface area contributed by atoms with Crippen LogP contribution < -0.4 is 16.5 Å². The van der Waals surface area contributed by atoms with Gasteiger partial charge in [0.25, 0.3) is 5.91 Å². The van der Waals surface area contributed by atoms with Gasteiger partial charge in [0.05, 0.1) is 10.5 Å². The van der Waals surface area contributed by atoms with Gasteiger partial charge in [-0.3, -0.25) is 9.59 Å². The fraction of sp³-hybridized carbons (Fsp3) is 0.533. The average molecular weight is 307 g/mol. The molecule has 1 aliphatic carbocycles. The van der Waals surface area contributed by atoms with Crippen molar-refractivity contribution in [2.24, 2.45) is 11.7 Å². The minimum atomic E-state index is -0.670. The van der Waals surface area contributed by atoms with E-state index in [0.29, 0.717) is 16.6 Å². The van der Waals surface area contributed by atoms with Crippen LogP contribution in [0.2, 0.25) is 0 Å². The molecule has 0 saturated heterocycles. The van der Waals surface area contributed by atoms with Crippen LogP contribution in [-0.2, 0) is 0 Å². The van der Waals surface area contributed by atoms with E-state index in [-0.39, 0.29) is 11.0 Å². The van der Waals surface area contributed by atoms with E-state index in [2.05, 4.69) is 17.2 Å². The highest BCUT2D eigenvalue weighted by molar-refractivity contribution is 7.80. The monoisotopic (exact) mass is 307 g/mol. The van der Waals surface area contributed by atoms with Gasteiger partial charge in [0.1, 0.15) is 5.56 Å². The molecule has 0 radical (unpaired) electrons. The minimum absolute atomic E-state index is 0.0925. The van der Waals surface area contributed by atoms with E-state index in [1.807, 2.05) is 0 Å². The normalized spacial score (nSPS) is 25.3. The number of aromatic nitrogens is 1. The van der Waals surface area contributed by atoms with Crippen LogP contribution >= 0.6 is 12.2 Å². The summed E-state index contributed by atoms with van der Waals surface area (Å²) in [6.45, 7) is 3.94. The quantitative estimate of drug-likeness (QED) is 0.741. The first-order valence-corrected chi connectivity index (χ1v) is 7.56. The second kappa shape index (κ2) is 5.97. The van der Waals surface area contributed by atoms with E-state index in [9.17, 15) is 9.59 Å². The fourth-order valence-electron chi connectivity index (χ4n) is 2.72. The zero-order valence-corrected chi connectivity index (χ0v) is 13.2. The Hall–Kier alpha value is -1.69. The van der Waals surface area contributed by atoms with Crippen LogP contribution in [0.1, 0.15) is 48.7 Å². The lowest BCUT2D eigenvalue weighted by Gasteiger charge is -2.39. The van der Waals surface area contributed by atoms with Crippen molar-refractivity contribution in [3.8, 4) is 0 Å². The van der Waals surface area contributed by atoms with Crippen molar-refractivity contribution in [1.29, 1.82) is 0 Å². The van der Waals surface area contributed by atoms with Gasteiger partial charge in [-0.1, -0.05) is 19.1 Å². The summed E-state index contributed by atoms with van der Waals surface area (Å²) in [5.41, 5.74) is 5.70. The summed E-state index contributed by atoms with van der Waals surface area (Å²) in [5.74, 6) is 0.186. The highest BCUT2D eigenvalue weighted by atomic mass is 32.1. The highest BCUT2D eigenvalue weighted by Crippen LogP contribution is 2.32. The molecule has 114 valence electrons. The van der Waals surface area contributed by atoms with Crippen molar-refractivity contribution < 1.29 is 4.79 Å². The van der Waals surface area contributed by atoms with Crippen LogP contribution in [0.25, 0.3) is 0 Å². The van der Waals surface area contributed by atoms with Gasteiger partial charge in [-0.2, -0.15) is 0 Å². The third-order valence-electron chi connectivity index (χ3n) is 4.25. The molecule has 1 saturated carbocycles. The van der Waals surface area contributed by atoms with Gasteiger partial charge in [0, 0.05) is 18.0 Å². The van der Waals surface area contributed by atoms with Crippen molar-refractivity contribution in [2.45, 2.75) is 45.1 Å². The van der Waals surface area contributed by atoms with Crippen molar-refractivity contribution in [1.82, 2.24) is 10.3 Å². The predicted molar refractivity (Wildman–Crippen MR) is 86.4 cm³/mol. The van der Waals surface area contributed by atoms with Crippen molar-refractivity contribution in [2.75, 3.05) is 0 Å². The zero-order chi connectivity index (χ0) is 15.6. The standard InChI is InChI=1S/C15H21N3O2S/c1-9-3-5-15(6-4-9,14(16)21)18-13(20)11-8-17-10(2)7-12(11)19/h7-9H,3-6H2,1-2H3,(H2,16,21)(H,17,19)(H,18,20). The van der Waals surface area contributed by atoms with Crippen LogP contribution in [0.3, 0.4) is 0 Å². The molecule has 0 aromatic carbocycles. The van der Waals surface area contributed by atoms with Crippen molar-refractivity contribution >= 4 is 23.1 Å². The summed E-state index contributed by atoms with van der Waals surface area (Å²) in [6.07, 6.45) is 4.80. The maximum Gasteiger partial charge on any atom is 0.257 e. The Labute approximate surface area is 129 Å². The van der Waals surface area contributed by atoms with E-state index >= 15 is 0 Å². The molecule has 0 aliphatic heterocycles. The van der Waals surface area contributed by atoms with Gasteiger partial charge in [-0.05, 0) is 38.5 Å². The van der Waals surface area contributed by atoms with E-state index in [4.69, 9.17) is 18.0 Å². The van der Waals surface area contributed by atoms with Gasteiger partial charge in [0.15, 0.2) is 5.43 Å². The van der Waals surface area contributed by atoms with E-state index in [0.717, 1.165) is 25.7 Å². The molecule has 0 atom stereocenters. The molecule has 1 aromatic heterocycles. The van der Waals surface area contributed by atoms with E-state index in [1.54, 1.807) is 6.92 Å². The van der Waals surface area contributed by atoms with Gasteiger partial charge in [-0.15, -0.1) is 0 Å². The number of aromatic amines is 1. The molecule has 1 heterocycles. The fourth-order valence-corrected chi connectivity index (χ4v) is 2.98. The summed E-state index contributed by atoms with van der Waals surface area (Å²) < 4.78 is 0. The molecule has 21 heavy (non-hydrogen) atoms. The number of hydrogen-bond donors (Lipinski definition) is 3. The first kappa shape index (κ1) is 15.7. The highest BCUT2D eigenvalue weighted by Gasteiger charge is 2.38. The van der Waals surface area contributed by atoms with E-state index in [1.165, 1.54) is 12.3 Å². The second-order valence-corrected chi connectivity index (χ2v) is 6.42. The molecule has 1 fully saturated rings. The molecule has 1 aromatic rings. The Bertz CT molecular complexity index is 616. The number of carbonyl (C=O) groups excluding carboxylic acids is 1. The third kappa shape index (κ3) is 3.32. The number of thiocarbonyl (C=S) groups is 1. The number of H-pyrrole nitrogens is 1. The molecule has 1 aliphatic rings. The summed E-state index contributed by atoms with van der Waals surface area (Å²) in [4.78, 5) is 27.5. The molecule has 1 amide bonds. The Balaban J connectivity index is 2.23. The summed E-state index contributed by atoms with van der Waals surface area (Å²) >= 11 is 5.17. The average Bonchev–Trinajstić information content (AvgIpc) is 2.41. The molecule has 6 heteroatoms. The Morgan fingerprint density at radius 2 is 2.10 bits per heavy atom. The van der Waals surface area contributed by atoms with E-state index < -0.39 is 11.4 Å². The Kier molecular flexibility index (Phi) is 4.46. The molecule has 5 nitrogen and oxygen atoms in total. The number of rotatable bonds is 3. The van der Waals surface area contributed by atoms with Crippen LogP contribution in [0.4, 0.5) is 0 Å². The maximum absolute atomic E-state index is 12.4. The number of aryl methyl sites for hydroxylation is 1. The van der Waals surface area contributed by atoms with Crippen LogP contribution in [0.5, 0.6) is 0 Å². The molecule has 0 bridgehead atoms. The number of amides is 1. The third-order valence-corrected chi connectivity index (χ3v) is 4.64. The molecule has 2 rings (SSSR count). The van der Waals surface area contributed by atoms with Gasteiger partial charge in [-0.25, -0.2) is 0 Å². The zero-order valence-electron chi connectivity index (χ0n) is 12.4. The number of carbonyl (C=O) groups is 1. The largest absolute Gasteiger partial charge is 0.391 e. The molecule has 0 spiro atoms. The van der Waals surface area contributed by atoms with Gasteiger partial charge >= 0.3 is 0 Å². The number of nitrogens with two attached hydrogens (primary N) is 1. The van der Waals surface area contributed by atoms with Crippen LogP contribution in [-0.4, -0.2) is 21.4 Å². The minimum Gasteiger partial charge on any atom is -0.391 e. The molecular weight excluding hydrogens is 286 g/mol. The first-order chi connectivity index (χ1) is 9.84. The predicted octanol–water partition coefficient (Wildman–Crippen LogP) is 1.65. The maximum atomic E-state index is 12.4. The molecular formula is C15H21N3O2S. The topological polar surface area (TPSA) is 88.0 Å². The number of nitrogens with one attached hydrogen (secondary N) is 2. The van der Waals surface area contributed by atoms with Crippen molar-refractivity contribution in [3.63, 3.8) is 0 Å². The molecule has 4 N–H and O–H groups in total. The van der Waals surface area contributed by atoms with Crippen molar-refractivity contribution in [3.05, 3.63) is 33.7 Å².